The molecule has 0 aromatic carbocycles. The number of likely N-dealkylation sites (tertiary alicyclic amines) is 1. The molecule has 1 fully saturated rings. The topological polar surface area (TPSA) is 53.0 Å². The van der Waals surface area contributed by atoms with Crippen LogP contribution in [-0.2, 0) is 11.3 Å². The summed E-state index contributed by atoms with van der Waals surface area (Å²) >= 11 is 1.65. The summed E-state index contributed by atoms with van der Waals surface area (Å²) in [6, 6.07) is 0. The van der Waals surface area contributed by atoms with Gasteiger partial charge in [0.05, 0.1) is 12.2 Å². The molecule has 0 aliphatic carbocycles. The van der Waals surface area contributed by atoms with E-state index in [1.165, 1.54) is 13.0 Å². The Labute approximate surface area is 173 Å². The highest BCUT2D eigenvalue weighted by atomic mass is 127. The van der Waals surface area contributed by atoms with Gasteiger partial charge < -0.3 is 19.9 Å². The average molecular weight is 481 g/mol. The second kappa shape index (κ2) is 11.3. The summed E-state index contributed by atoms with van der Waals surface area (Å²) in [6.45, 7) is 8.98. The normalized spacial score (nSPS) is 19.6. The van der Waals surface area contributed by atoms with Gasteiger partial charge in [0.25, 0.3) is 0 Å². The molecule has 8 heteroatoms. The molecule has 1 saturated heterocycles. The van der Waals surface area contributed by atoms with E-state index < -0.39 is 0 Å². The number of hydrogen-bond acceptors (Lipinski definition) is 5. The lowest BCUT2D eigenvalue weighted by atomic mass is 10.1. The molecule has 1 N–H and O–H groups in total. The molecule has 0 amide bonds. The molecular weight excluding hydrogens is 449 g/mol. The highest BCUT2D eigenvalue weighted by Crippen LogP contribution is 2.21. The van der Waals surface area contributed by atoms with Crippen molar-refractivity contribution in [3.05, 3.63) is 16.1 Å². The first-order valence-electron chi connectivity index (χ1n) is 8.68. The van der Waals surface area contributed by atoms with Crippen molar-refractivity contribution in [2.24, 2.45) is 10.9 Å². The number of methoxy groups -OCH3 is 1. The first kappa shape index (κ1) is 22.6. The fourth-order valence-corrected chi connectivity index (χ4v) is 3.70. The molecule has 0 saturated carbocycles. The molecule has 2 unspecified atom stereocenters. The van der Waals surface area contributed by atoms with Crippen LogP contribution < -0.4 is 5.32 Å². The molecular formula is C17H32IN5OS. The van der Waals surface area contributed by atoms with Crippen molar-refractivity contribution in [3.63, 3.8) is 0 Å². The number of hydrogen-bond donors (Lipinski definition) is 1. The first-order valence-corrected chi connectivity index (χ1v) is 9.56. The SMILES string of the molecule is CCNC(=NCC1CCN(C)C1)N(C)Cc1csc(C(C)OC)n1.I. The quantitative estimate of drug-likeness (QED) is 0.369. The Morgan fingerprint density at radius 3 is 2.96 bits per heavy atom. The lowest BCUT2D eigenvalue weighted by Gasteiger charge is -2.21. The van der Waals surface area contributed by atoms with Gasteiger partial charge in [-0.25, -0.2) is 4.98 Å². The molecule has 144 valence electrons. The van der Waals surface area contributed by atoms with Gasteiger partial charge in [0.1, 0.15) is 11.1 Å². The zero-order valence-corrected chi connectivity index (χ0v) is 19.1. The van der Waals surface area contributed by atoms with E-state index in [4.69, 9.17) is 9.73 Å². The van der Waals surface area contributed by atoms with Crippen LogP contribution in [0.4, 0.5) is 0 Å². The smallest absolute Gasteiger partial charge is 0.194 e. The van der Waals surface area contributed by atoms with Crippen LogP contribution in [0.1, 0.15) is 37.1 Å². The van der Waals surface area contributed by atoms with Crippen LogP contribution in [0.5, 0.6) is 0 Å². The molecule has 2 heterocycles. The van der Waals surface area contributed by atoms with Crippen LogP contribution >= 0.6 is 35.3 Å². The van der Waals surface area contributed by atoms with Gasteiger partial charge in [0.15, 0.2) is 5.96 Å². The maximum Gasteiger partial charge on any atom is 0.194 e. The minimum atomic E-state index is 0. The fraction of sp³-hybridized carbons (Fsp3) is 0.765. The predicted molar refractivity (Wildman–Crippen MR) is 116 cm³/mol. The van der Waals surface area contributed by atoms with Crippen LogP contribution in [0.15, 0.2) is 10.4 Å². The molecule has 2 atom stereocenters. The van der Waals surface area contributed by atoms with Crippen LogP contribution in [0.3, 0.4) is 0 Å². The maximum atomic E-state index is 5.34. The lowest BCUT2D eigenvalue weighted by Crippen LogP contribution is -2.39. The van der Waals surface area contributed by atoms with Crippen molar-refractivity contribution in [3.8, 4) is 0 Å². The van der Waals surface area contributed by atoms with Gasteiger partial charge in [-0.1, -0.05) is 0 Å². The lowest BCUT2D eigenvalue weighted by molar-refractivity contribution is 0.119. The highest BCUT2D eigenvalue weighted by Gasteiger charge is 2.19. The van der Waals surface area contributed by atoms with Crippen LogP contribution in [0.25, 0.3) is 0 Å². The molecule has 1 aliphatic heterocycles. The predicted octanol–water partition coefficient (Wildman–Crippen LogP) is 2.82. The number of ether oxygens (including phenoxy) is 1. The van der Waals surface area contributed by atoms with E-state index in [9.17, 15) is 0 Å². The van der Waals surface area contributed by atoms with Gasteiger partial charge in [-0.3, -0.25) is 4.99 Å². The number of aromatic nitrogens is 1. The van der Waals surface area contributed by atoms with E-state index in [-0.39, 0.29) is 30.1 Å². The number of aliphatic imine (C=N–C) groups is 1. The van der Waals surface area contributed by atoms with Gasteiger partial charge in [0, 0.05) is 39.2 Å². The number of guanidine groups is 1. The van der Waals surface area contributed by atoms with E-state index >= 15 is 0 Å². The Kier molecular flexibility index (Phi) is 10.2. The third-order valence-electron chi connectivity index (χ3n) is 4.35. The fourth-order valence-electron chi connectivity index (χ4n) is 2.86. The standard InChI is InChI=1S/C17H31N5OS.HI/c1-6-18-17(19-9-14-7-8-21(3)10-14)22(4)11-15-12-24-16(20-15)13(2)23-5;/h12-14H,6-11H2,1-5H3,(H,18,19);1H. The monoisotopic (exact) mass is 481 g/mol. The van der Waals surface area contributed by atoms with Gasteiger partial charge in [-0.05, 0) is 39.8 Å². The summed E-state index contributed by atoms with van der Waals surface area (Å²) in [7, 11) is 5.97. The largest absolute Gasteiger partial charge is 0.375 e. The molecule has 1 aromatic rings. The third kappa shape index (κ3) is 6.99. The molecule has 0 spiro atoms. The highest BCUT2D eigenvalue weighted by molar-refractivity contribution is 14.0. The summed E-state index contributed by atoms with van der Waals surface area (Å²) in [6.07, 6.45) is 1.29. The van der Waals surface area contributed by atoms with Crippen molar-refractivity contribution in [1.82, 2.24) is 20.1 Å². The molecule has 1 aliphatic rings. The number of rotatable bonds is 7. The minimum absolute atomic E-state index is 0. The van der Waals surface area contributed by atoms with Crippen LogP contribution in [0, 0.1) is 5.92 Å². The van der Waals surface area contributed by atoms with Crippen molar-refractivity contribution in [1.29, 1.82) is 0 Å². The molecule has 1 aromatic heterocycles. The van der Waals surface area contributed by atoms with E-state index in [2.05, 4.69) is 46.5 Å². The molecule has 25 heavy (non-hydrogen) atoms. The number of halogens is 1. The van der Waals surface area contributed by atoms with E-state index in [0.29, 0.717) is 5.92 Å². The summed E-state index contributed by atoms with van der Waals surface area (Å²) < 4.78 is 5.34. The van der Waals surface area contributed by atoms with Gasteiger partial charge in [0.2, 0.25) is 0 Å². The van der Waals surface area contributed by atoms with Crippen molar-refractivity contribution in [2.75, 3.05) is 47.4 Å². The summed E-state index contributed by atoms with van der Waals surface area (Å²) in [5.41, 5.74) is 1.06. The Bertz CT molecular complexity index is 539. The molecule has 0 radical (unpaired) electrons. The Balaban J connectivity index is 0.00000312. The number of nitrogens with one attached hydrogen (secondary N) is 1. The number of nitrogens with zero attached hydrogens (tertiary/aromatic N) is 4. The summed E-state index contributed by atoms with van der Waals surface area (Å²) in [5, 5.41) is 6.52. The second-order valence-corrected chi connectivity index (χ2v) is 7.41. The third-order valence-corrected chi connectivity index (χ3v) is 5.41. The zero-order valence-electron chi connectivity index (χ0n) is 16.0. The van der Waals surface area contributed by atoms with Gasteiger partial charge >= 0.3 is 0 Å². The van der Waals surface area contributed by atoms with Crippen LogP contribution in [-0.4, -0.2) is 68.1 Å². The maximum absolute atomic E-state index is 5.34. The zero-order chi connectivity index (χ0) is 17.5. The van der Waals surface area contributed by atoms with E-state index in [1.807, 2.05) is 6.92 Å². The van der Waals surface area contributed by atoms with Crippen molar-refractivity contribution < 1.29 is 4.74 Å². The van der Waals surface area contributed by atoms with Gasteiger partial charge in [-0.2, -0.15) is 0 Å². The van der Waals surface area contributed by atoms with Gasteiger partial charge in [-0.15, -0.1) is 35.3 Å². The summed E-state index contributed by atoms with van der Waals surface area (Å²) in [5.74, 6) is 1.63. The second-order valence-electron chi connectivity index (χ2n) is 6.52. The molecule has 6 nitrogen and oxygen atoms in total. The Hall–Kier alpha value is -0.450. The van der Waals surface area contributed by atoms with Crippen molar-refractivity contribution in [2.45, 2.75) is 32.9 Å². The van der Waals surface area contributed by atoms with E-state index in [1.54, 1.807) is 18.4 Å². The molecule has 0 bridgehead atoms. The number of thiazole rings is 1. The Morgan fingerprint density at radius 2 is 2.36 bits per heavy atom. The van der Waals surface area contributed by atoms with Crippen LogP contribution in [0.2, 0.25) is 0 Å². The minimum Gasteiger partial charge on any atom is -0.375 e. The Morgan fingerprint density at radius 1 is 1.60 bits per heavy atom. The van der Waals surface area contributed by atoms with E-state index in [0.717, 1.165) is 42.8 Å². The summed E-state index contributed by atoms with van der Waals surface area (Å²) in [4.78, 5) is 14.0. The molecule has 2 rings (SSSR count). The average Bonchev–Trinajstić information content (AvgIpc) is 3.19. The van der Waals surface area contributed by atoms with Crippen molar-refractivity contribution >= 4 is 41.3 Å². The first-order chi connectivity index (χ1) is 11.5.